The highest BCUT2D eigenvalue weighted by Crippen LogP contribution is 2.22. The third-order valence-corrected chi connectivity index (χ3v) is 3.71. The molecule has 0 aliphatic carbocycles. The molecule has 1 heterocycles. The van der Waals surface area contributed by atoms with Gasteiger partial charge in [0.1, 0.15) is 0 Å². The molecule has 2 rings (SSSR count). The molecule has 0 fully saturated rings. The minimum atomic E-state index is -0.954. The number of likely N-dealkylation sites (N-methyl/N-ethyl adjacent to an activating group) is 1. The summed E-state index contributed by atoms with van der Waals surface area (Å²) < 4.78 is 0. The maximum absolute atomic E-state index is 11.2. The van der Waals surface area contributed by atoms with E-state index in [2.05, 4.69) is 11.4 Å². The Balaban J connectivity index is 2.14. The first-order chi connectivity index (χ1) is 9.08. The third kappa shape index (κ3) is 3.26. The number of rotatable bonds is 5. The number of carboxylic acid groups (broad SMARTS) is 1. The van der Waals surface area contributed by atoms with Crippen LogP contribution in [-0.4, -0.2) is 24.7 Å². The van der Waals surface area contributed by atoms with Crippen LogP contribution >= 0.6 is 11.3 Å². The van der Waals surface area contributed by atoms with Gasteiger partial charge in [0, 0.05) is 19.3 Å². The lowest BCUT2D eigenvalue weighted by Gasteiger charge is -2.21. The fourth-order valence-corrected chi connectivity index (χ4v) is 2.61. The number of aromatic carboxylic acids is 1. The Kier molecular flexibility index (Phi) is 4.06. The Hall–Kier alpha value is -2.01. The first-order valence-corrected chi connectivity index (χ1v) is 6.87. The average molecular weight is 276 g/mol. The topological polar surface area (TPSA) is 66.6 Å². The largest absolute Gasteiger partial charge is 0.478 e. The van der Waals surface area contributed by atoms with Crippen LogP contribution in [0, 0.1) is 0 Å². The molecule has 0 atom stereocenters. The number of hydrogen-bond acceptors (Lipinski definition) is 4. The SMILES string of the molecule is CN(CCc1ccsc1)c1ccc(N)cc1C(=O)O. The van der Waals surface area contributed by atoms with Crippen LogP contribution in [0.5, 0.6) is 0 Å². The smallest absolute Gasteiger partial charge is 0.337 e. The van der Waals surface area contributed by atoms with Crippen molar-refractivity contribution < 1.29 is 9.90 Å². The zero-order valence-corrected chi connectivity index (χ0v) is 11.5. The van der Waals surface area contributed by atoms with Crippen LogP contribution in [-0.2, 0) is 6.42 Å². The lowest BCUT2D eigenvalue weighted by Crippen LogP contribution is -2.22. The van der Waals surface area contributed by atoms with E-state index in [4.69, 9.17) is 5.73 Å². The zero-order chi connectivity index (χ0) is 13.8. The molecule has 0 amide bonds. The number of anilines is 2. The molecule has 1 aromatic heterocycles. The molecule has 19 heavy (non-hydrogen) atoms. The Bertz CT molecular complexity index is 567. The summed E-state index contributed by atoms with van der Waals surface area (Å²) in [7, 11) is 1.89. The van der Waals surface area contributed by atoms with E-state index >= 15 is 0 Å². The van der Waals surface area contributed by atoms with E-state index in [0.29, 0.717) is 11.4 Å². The average Bonchev–Trinajstić information content (AvgIpc) is 2.88. The highest BCUT2D eigenvalue weighted by molar-refractivity contribution is 7.07. The predicted octanol–water partition coefficient (Wildman–Crippen LogP) is 2.71. The van der Waals surface area contributed by atoms with Gasteiger partial charge in [-0.15, -0.1) is 0 Å². The summed E-state index contributed by atoms with van der Waals surface area (Å²) >= 11 is 1.67. The van der Waals surface area contributed by atoms with Crippen molar-refractivity contribution in [2.75, 3.05) is 24.2 Å². The molecule has 0 spiro atoms. The Labute approximate surface area is 116 Å². The molecule has 0 aliphatic heterocycles. The van der Waals surface area contributed by atoms with Crippen molar-refractivity contribution in [1.82, 2.24) is 0 Å². The van der Waals surface area contributed by atoms with E-state index in [1.807, 2.05) is 17.3 Å². The normalized spacial score (nSPS) is 10.4. The lowest BCUT2D eigenvalue weighted by atomic mass is 10.1. The van der Waals surface area contributed by atoms with Crippen LogP contribution in [0.4, 0.5) is 11.4 Å². The first-order valence-electron chi connectivity index (χ1n) is 5.93. The maximum atomic E-state index is 11.2. The van der Waals surface area contributed by atoms with Gasteiger partial charge in [0.25, 0.3) is 0 Å². The molecule has 0 aliphatic rings. The number of thiophene rings is 1. The van der Waals surface area contributed by atoms with E-state index in [-0.39, 0.29) is 5.56 Å². The van der Waals surface area contributed by atoms with Gasteiger partial charge in [-0.3, -0.25) is 0 Å². The first kappa shape index (κ1) is 13.4. The Morgan fingerprint density at radius 2 is 2.21 bits per heavy atom. The molecule has 4 nitrogen and oxygen atoms in total. The van der Waals surface area contributed by atoms with Gasteiger partial charge in [-0.25, -0.2) is 4.79 Å². The molecular weight excluding hydrogens is 260 g/mol. The summed E-state index contributed by atoms with van der Waals surface area (Å²) in [6, 6.07) is 7.06. The molecule has 2 aromatic rings. The summed E-state index contributed by atoms with van der Waals surface area (Å²) in [4.78, 5) is 13.2. The monoisotopic (exact) mass is 276 g/mol. The second kappa shape index (κ2) is 5.75. The molecule has 3 N–H and O–H groups in total. The molecule has 1 aromatic carbocycles. The number of benzene rings is 1. The number of nitrogens with zero attached hydrogens (tertiary/aromatic N) is 1. The van der Waals surface area contributed by atoms with Gasteiger partial charge in [-0.1, -0.05) is 0 Å². The van der Waals surface area contributed by atoms with Crippen LogP contribution < -0.4 is 10.6 Å². The van der Waals surface area contributed by atoms with Crippen molar-refractivity contribution in [1.29, 1.82) is 0 Å². The van der Waals surface area contributed by atoms with Gasteiger partial charge in [-0.2, -0.15) is 11.3 Å². The van der Waals surface area contributed by atoms with Crippen molar-refractivity contribution >= 4 is 28.7 Å². The quantitative estimate of drug-likeness (QED) is 0.824. The van der Waals surface area contributed by atoms with E-state index in [1.54, 1.807) is 23.5 Å². The van der Waals surface area contributed by atoms with Crippen molar-refractivity contribution in [3.8, 4) is 0 Å². The summed E-state index contributed by atoms with van der Waals surface area (Å²) in [5, 5.41) is 13.4. The van der Waals surface area contributed by atoms with Gasteiger partial charge in [0.05, 0.1) is 11.3 Å². The Morgan fingerprint density at radius 1 is 1.42 bits per heavy atom. The number of carboxylic acids is 1. The van der Waals surface area contributed by atoms with Crippen molar-refractivity contribution in [3.63, 3.8) is 0 Å². The minimum Gasteiger partial charge on any atom is -0.478 e. The summed E-state index contributed by atoms with van der Waals surface area (Å²) in [6.07, 6.45) is 0.892. The van der Waals surface area contributed by atoms with Crippen LogP contribution in [0.15, 0.2) is 35.0 Å². The molecular formula is C14H16N2O2S. The van der Waals surface area contributed by atoms with E-state index < -0.39 is 5.97 Å². The van der Waals surface area contributed by atoms with E-state index in [9.17, 15) is 9.90 Å². The standard InChI is InChI=1S/C14H16N2O2S/c1-16(6-4-10-5-7-19-9-10)13-3-2-11(15)8-12(13)14(17)18/h2-3,5,7-9H,4,6,15H2,1H3,(H,17,18). The predicted molar refractivity (Wildman–Crippen MR) is 79.1 cm³/mol. The second-order valence-corrected chi connectivity index (χ2v) is 5.16. The van der Waals surface area contributed by atoms with Crippen LogP contribution in [0.1, 0.15) is 15.9 Å². The summed E-state index contributed by atoms with van der Waals surface area (Å²) in [5.74, 6) is -0.954. The van der Waals surface area contributed by atoms with Gasteiger partial charge < -0.3 is 15.7 Å². The number of nitrogen functional groups attached to an aromatic ring is 1. The fraction of sp³-hybridized carbons (Fsp3) is 0.214. The minimum absolute atomic E-state index is 0.243. The van der Waals surface area contributed by atoms with Crippen molar-refractivity contribution in [2.24, 2.45) is 0 Å². The van der Waals surface area contributed by atoms with Gasteiger partial charge in [0.2, 0.25) is 0 Å². The van der Waals surface area contributed by atoms with E-state index in [1.165, 1.54) is 11.6 Å². The molecule has 0 saturated heterocycles. The van der Waals surface area contributed by atoms with Crippen LogP contribution in [0.25, 0.3) is 0 Å². The fourth-order valence-electron chi connectivity index (χ4n) is 1.91. The summed E-state index contributed by atoms with van der Waals surface area (Å²) in [6.45, 7) is 0.765. The molecule has 5 heteroatoms. The maximum Gasteiger partial charge on any atom is 0.337 e. The lowest BCUT2D eigenvalue weighted by molar-refractivity contribution is 0.0697. The van der Waals surface area contributed by atoms with Crippen molar-refractivity contribution in [3.05, 3.63) is 46.2 Å². The highest BCUT2D eigenvalue weighted by Gasteiger charge is 2.13. The summed E-state index contributed by atoms with van der Waals surface area (Å²) in [5.41, 5.74) is 8.30. The number of hydrogen-bond donors (Lipinski definition) is 2. The molecule has 100 valence electrons. The molecule has 0 unspecified atom stereocenters. The number of nitrogens with two attached hydrogens (primary N) is 1. The third-order valence-electron chi connectivity index (χ3n) is 2.98. The van der Waals surface area contributed by atoms with Gasteiger partial charge in [-0.05, 0) is 47.0 Å². The second-order valence-electron chi connectivity index (χ2n) is 4.38. The van der Waals surface area contributed by atoms with Crippen LogP contribution in [0.3, 0.4) is 0 Å². The van der Waals surface area contributed by atoms with Gasteiger partial charge >= 0.3 is 5.97 Å². The molecule has 0 radical (unpaired) electrons. The molecule has 0 saturated carbocycles. The highest BCUT2D eigenvalue weighted by atomic mass is 32.1. The van der Waals surface area contributed by atoms with Gasteiger partial charge in [0.15, 0.2) is 0 Å². The molecule has 0 bridgehead atoms. The van der Waals surface area contributed by atoms with Crippen LogP contribution in [0.2, 0.25) is 0 Å². The van der Waals surface area contributed by atoms with E-state index in [0.717, 1.165) is 13.0 Å². The van der Waals surface area contributed by atoms with Crippen molar-refractivity contribution in [2.45, 2.75) is 6.42 Å². The zero-order valence-electron chi connectivity index (χ0n) is 10.7. The number of carbonyl (C=O) groups is 1. The Morgan fingerprint density at radius 3 is 2.84 bits per heavy atom.